The van der Waals surface area contributed by atoms with Crippen LogP contribution in [-0.2, 0) is 6.54 Å². The highest BCUT2D eigenvalue weighted by atomic mass is 35.5. The average molecular weight is 440 g/mol. The highest BCUT2D eigenvalue weighted by molar-refractivity contribution is 7.80. The largest absolute Gasteiger partial charge is 0.451 e. The highest BCUT2D eigenvalue weighted by Crippen LogP contribution is 2.24. The van der Waals surface area contributed by atoms with E-state index in [0.29, 0.717) is 10.8 Å². The van der Waals surface area contributed by atoms with Crippen LogP contribution in [0, 0.1) is 0 Å². The molecule has 3 aromatic rings. The van der Waals surface area contributed by atoms with Gasteiger partial charge in [-0.2, -0.15) is 0 Å². The third-order valence-corrected chi connectivity index (χ3v) is 5.42. The first-order valence-corrected chi connectivity index (χ1v) is 10.6. The van der Waals surface area contributed by atoms with Crippen molar-refractivity contribution in [3.05, 3.63) is 77.0 Å². The van der Waals surface area contributed by atoms with E-state index in [1.807, 2.05) is 24.3 Å². The lowest BCUT2D eigenvalue weighted by atomic mass is 10.2. The van der Waals surface area contributed by atoms with Crippen LogP contribution in [-0.4, -0.2) is 29.0 Å². The number of nitrogens with one attached hydrogen (secondary N) is 2. The molecule has 1 saturated heterocycles. The van der Waals surface area contributed by atoms with Crippen LogP contribution >= 0.6 is 23.8 Å². The second-order valence-corrected chi connectivity index (χ2v) is 8.11. The molecular formula is C23H22ClN3O2S. The molecule has 2 aromatic carbocycles. The van der Waals surface area contributed by atoms with Crippen molar-refractivity contribution in [3.8, 4) is 11.3 Å². The van der Waals surface area contributed by atoms with Crippen LogP contribution in [0.5, 0.6) is 0 Å². The lowest BCUT2D eigenvalue weighted by Gasteiger charge is -2.15. The summed E-state index contributed by atoms with van der Waals surface area (Å²) in [5, 5.41) is 6.50. The molecule has 1 aromatic heterocycles. The Morgan fingerprint density at radius 3 is 2.57 bits per heavy atom. The van der Waals surface area contributed by atoms with Crippen LogP contribution in [0.2, 0.25) is 5.02 Å². The number of nitrogens with zero attached hydrogens (tertiary/aromatic N) is 1. The standard InChI is InChI=1S/C23H22ClN3O2S/c24-18-5-3-4-17(14-18)20-10-11-21(29-20)22(28)26-23(30)25-19-8-6-16(7-9-19)15-27-12-1-2-13-27/h3-11,14H,1-2,12-13,15H2,(H2,25,26,28,30). The van der Waals surface area contributed by atoms with Crippen LogP contribution < -0.4 is 10.6 Å². The number of amides is 1. The highest BCUT2D eigenvalue weighted by Gasteiger charge is 2.14. The van der Waals surface area contributed by atoms with Crippen molar-refractivity contribution < 1.29 is 9.21 Å². The molecule has 0 unspecified atom stereocenters. The van der Waals surface area contributed by atoms with Gasteiger partial charge in [0.1, 0.15) is 5.76 Å². The van der Waals surface area contributed by atoms with Gasteiger partial charge in [-0.05, 0) is 80.1 Å². The molecule has 154 valence electrons. The maximum absolute atomic E-state index is 12.4. The predicted octanol–water partition coefficient (Wildman–Crippen LogP) is 5.32. The van der Waals surface area contributed by atoms with Crippen molar-refractivity contribution in [3.63, 3.8) is 0 Å². The number of furan rings is 1. The summed E-state index contributed by atoms with van der Waals surface area (Å²) < 4.78 is 5.65. The Bertz CT molecular complexity index is 1040. The summed E-state index contributed by atoms with van der Waals surface area (Å²) in [6.45, 7) is 3.30. The van der Waals surface area contributed by atoms with Crippen LogP contribution in [0.4, 0.5) is 5.69 Å². The molecule has 0 bridgehead atoms. The van der Waals surface area contributed by atoms with Gasteiger partial charge < -0.3 is 9.73 Å². The third-order valence-electron chi connectivity index (χ3n) is 4.98. The lowest BCUT2D eigenvalue weighted by molar-refractivity contribution is 0.0951. The zero-order valence-electron chi connectivity index (χ0n) is 16.4. The quantitative estimate of drug-likeness (QED) is 0.527. The number of likely N-dealkylation sites (tertiary alicyclic amines) is 1. The van der Waals surface area contributed by atoms with Gasteiger partial charge in [-0.15, -0.1) is 0 Å². The molecule has 0 spiro atoms. The number of benzene rings is 2. The Morgan fingerprint density at radius 1 is 1.07 bits per heavy atom. The molecule has 30 heavy (non-hydrogen) atoms. The van der Waals surface area contributed by atoms with Crippen molar-refractivity contribution in [2.45, 2.75) is 19.4 Å². The number of thiocarbonyl (C=S) groups is 1. The van der Waals surface area contributed by atoms with Crippen molar-refractivity contribution in [1.29, 1.82) is 0 Å². The Kier molecular flexibility index (Phi) is 6.47. The van der Waals surface area contributed by atoms with Gasteiger partial charge in [-0.3, -0.25) is 15.0 Å². The molecule has 7 heteroatoms. The summed E-state index contributed by atoms with van der Waals surface area (Å²) in [6, 6.07) is 18.7. The summed E-state index contributed by atoms with van der Waals surface area (Å²) in [5.41, 5.74) is 2.89. The Morgan fingerprint density at radius 2 is 1.83 bits per heavy atom. The van der Waals surface area contributed by atoms with Gasteiger partial charge in [0.25, 0.3) is 5.91 Å². The number of anilines is 1. The predicted molar refractivity (Wildman–Crippen MR) is 124 cm³/mol. The lowest BCUT2D eigenvalue weighted by Crippen LogP contribution is -2.33. The zero-order valence-corrected chi connectivity index (χ0v) is 17.9. The van der Waals surface area contributed by atoms with E-state index >= 15 is 0 Å². The maximum atomic E-state index is 12.4. The normalized spacial score (nSPS) is 13.9. The number of carbonyl (C=O) groups is 1. The first-order chi connectivity index (χ1) is 14.6. The summed E-state index contributed by atoms with van der Waals surface area (Å²) >= 11 is 11.3. The minimum Gasteiger partial charge on any atom is -0.451 e. The first kappa shape index (κ1) is 20.6. The van der Waals surface area contributed by atoms with E-state index in [2.05, 4.69) is 27.7 Å². The number of hydrogen-bond acceptors (Lipinski definition) is 4. The Labute approximate surface area is 186 Å². The number of rotatable bonds is 5. The van der Waals surface area contributed by atoms with E-state index in [1.165, 1.54) is 31.5 Å². The number of hydrogen-bond donors (Lipinski definition) is 2. The van der Waals surface area contributed by atoms with Gasteiger partial charge in [0.15, 0.2) is 10.9 Å². The summed E-state index contributed by atoms with van der Waals surface area (Å²) in [5.74, 6) is 0.330. The van der Waals surface area contributed by atoms with E-state index in [0.717, 1.165) is 17.8 Å². The minimum atomic E-state index is -0.411. The van der Waals surface area contributed by atoms with Crippen molar-refractivity contribution in [2.24, 2.45) is 0 Å². The van der Waals surface area contributed by atoms with E-state index < -0.39 is 5.91 Å². The zero-order chi connectivity index (χ0) is 20.9. The fourth-order valence-electron chi connectivity index (χ4n) is 3.48. The molecule has 2 heterocycles. The van der Waals surface area contributed by atoms with Crippen molar-refractivity contribution >= 4 is 40.5 Å². The fraction of sp³-hybridized carbons (Fsp3) is 0.217. The van der Waals surface area contributed by atoms with Gasteiger partial charge in [0, 0.05) is 22.8 Å². The molecular weight excluding hydrogens is 418 g/mol. The molecule has 4 rings (SSSR count). The molecule has 0 atom stereocenters. The van der Waals surface area contributed by atoms with Gasteiger partial charge in [-0.1, -0.05) is 35.9 Å². The average Bonchev–Trinajstić information content (AvgIpc) is 3.41. The molecule has 1 amide bonds. The number of halogens is 1. The molecule has 2 N–H and O–H groups in total. The Hall–Kier alpha value is -2.67. The smallest absolute Gasteiger partial charge is 0.293 e. The van der Waals surface area contributed by atoms with Gasteiger partial charge in [0.2, 0.25) is 0 Å². The molecule has 1 aliphatic heterocycles. The minimum absolute atomic E-state index is 0.176. The molecule has 1 fully saturated rings. The van der Waals surface area contributed by atoms with Crippen molar-refractivity contribution in [2.75, 3.05) is 18.4 Å². The van der Waals surface area contributed by atoms with E-state index in [4.69, 9.17) is 28.2 Å². The van der Waals surface area contributed by atoms with Crippen LogP contribution in [0.15, 0.2) is 65.1 Å². The van der Waals surface area contributed by atoms with Crippen LogP contribution in [0.1, 0.15) is 29.0 Å². The molecule has 0 aliphatic carbocycles. The molecule has 1 aliphatic rings. The monoisotopic (exact) mass is 439 g/mol. The van der Waals surface area contributed by atoms with Crippen LogP contribution in [0.3, 0.4) is 0 Å². The van der Waals surface area contributed by atoms with E-state index in [1.54, 1.807) is 24.3 Å². The van der Waals surface area contributed by atoms with Gasteiger partial charge in [-0.25, -0.2) is 0 Å². The van der Waals surface area contributed by atoms with E-state index in [-0.39, 0.29) is 10.9 Å². The second kappa shape index (κ2) is 9.43. The van der Waals surface area contributed by atoms with E-state index in [9.17, 15) is 4.79 Å². The fourth-order valence-corrected chi connectivity index (χ4v) is 3.88. The Balaban J connectivity index is 1.32. The van der Waals surface area contributed by atoms with Gasteiger partial charge >= 0.3 is 0 Å². The van der Waals surface area contributed by atoms with Gasteiger partial charge in [0.05, 0.1) is 0 Å². The topological polar surface area (TPSA) is 57.5 Å². The maximum Gasteiger partial charge on any atom is 0.293 e. The molecule has 0 saturated carbocycles. The molecule has 0 radical (unpaired) electrons. The third kappa shape index (κ3) is 5.27. The SMILES string of the molecule is O=C(NC(=S)Nc1ccc(CN2CCCC2)cc1)c1ccc(-c2cccc(Cl)c2)o1. The first-order valence-electron chi connectivity index (χ1n) is 9.86. The molecule has 5 nitrogen and oxygen atoms in total. The van der Waals surface area contributed by atoms with Crippen molar-refractivity contribution in [1.82, 2.24) is 10.2 Å². The summed E-state index contributed by atoms with van der Waals surface area (Å²) in [7, 11) is 0. The summed E-state index contributed by atoms with van der Waals surface area (Å²) in [4.78, 5) is 14.9. The second-order valence-electron chi connectivity index (χ2n) is 7.26. The summed E-state index contributed by atoms with van der Waals surface area (Å²) in [6.07, 6.45) is 2.56. The number of carbonyl (C=O) groups excluding carboxylic acids is 1. The van der Waals surface area contributed by atoms with Crippen LogP contribution in [0.25, 0.3) is 11.3 Å².